The maximum absolute atomic E-state index is 3.96. The van der Waals surface area contributed by atoms with Crippen LogP contribution >= 0.6 is 0 Å². The van der Waals surface area contributed by atoms with E-state index in [-0.39, 0.29) is 11.8 Å². The second-order valence-electron chi connectivity index (χ2n) is 14.1. The molecule has 0 aliphatic heterocycles. The first-order valence-corrected chi connectivity index (χ1v) is 19.2. The van der Waals surface area contributed by atoms with Crippen LogP contribution in [-0.4, -0.2) is 0 Å². The van der Waals surface area contributed by atoms with Crippen molar-refractivity contribution in [1.29, 1.82) is 0 Å². The van der Waals surface area contributed by atoms with Gasteiger partial charge in [0.2, 0.25) is 0 Å². The van der Waals surface area contributed by atoms with Gasteiger partial charge in [0.1, 0.15) is 0 Å². The van der Waals surface area contributed by atoms with Crippen LogP contribution in [0.3, 0.4) is 0 Å². The van der Waals surface area contributed by atoms with Gasteiger partial charge in [-0.1, -0.05) is 201 Å². The Labute approximate surface area is 325 Å². The van der Waals surface area contributed by atoms with Crippen molar-refractivity contribution in [1.82, 2.24) is 0 Å². The third-order valence-electron chi connectivity index (χ3n) is 10.8. The smallest absolute Gasteiger partial charge is 0.0465 e. The third-order valence-corrected chi connectivity index (χ3v) is 10.8. The summed E-state index contributed by atoms with van der Waals surface area (Å²) in [7, 11) is 0. The SMILES string of the molecule is C=C/C=C\c1ccccc1C1C=C(N(/C(C)=c2\cccc\c2=C\C)c2ccc(-c3ccccc3)c(-c3cccc4ccccc34)c2)C=CC1c1ccccc1. The molecule has 1 nitrogen and oxygen atoms in total. The van der Waals surface area contributed by atoms with E-state index in [4.69, 9.17) is 0 Å². The van der Waals surface area contributed by atoms with Crippen molar-refractivity contribution in [2.24, 2.45) is 0 Å². The van der Waals surface area contributed by atoms with Gasteiger partial charge in [0.05, 0.1) is 0 Å². The highest BCUT2D eigenvalue weighted by Gasteiger charge is 2.28. The molecule has 55 heavy (non-hydrogen) atoms. The summed E-state index contributed by atoms with van der Waals surface area (Å²) in [4.78, 5) is 2.47. The second-order valence-corrected chi connectivity index (χ2v) is 14.1. The molecule has 7 aromatic carbocycles. The minimum absolute atomic E-state index is 0.0810. The lowest BCUT2D eigenvalue weighted by molar-refractivity contribution is 0.719. The van der Waals surface area contributed by atoms with E-state index in [2.05, 4.69) is 226 Å². The molecule has 0 heterocycles. The largest absolute Gasteiger partial charge is 0.314 e. The van der Waals surface area contributed by atoms with E-state index in [9.17, 15) is 0 Å². The molecule has 266 valence electrons. The van der Waals surface area contributed by atoms with Crippen LogP contribution < -0.4 is 15.3 Å². The lowest BCUT2D eigenvalue weighted by atomic mass is 9.76. The second kappa shape index (κ2) is 16.1. The quantitative estimate of drug-likeness (QED) is 0.135. The average Bonchev–Trinajstić information content (AvgIpc) is 3.26. The van der Waals surface area contributed by atoms with Gasteiger partial charge < -0.3 is 4.90 Å². The number of nitrogens with zero attached hydrogens (tertiary/aromatic N) is 1. The Hall–Kier alpha value is -6.70. The van der Waals surface area contributed by atoms with E-state index in [0.29, 0.717) is 0 Å². The van der Waals surface area contributed by atoms with Crippen molar-refractivity contribution in [2.75, 3.05) is 4.90 Å². The highest BCUT2D eigenvalue weighted by molar-refractivity contribution is 6.01. The number of hydrogen-bond donors (Lipinski definition) is 0. The molecule has 0 amide bonds. The highest BCUT2D eigenvalue weighted by atomic mass is 15.2. The van der Waals surface area contributed by atoms with E-state index in [1.807, 2.05) is 12.2 Å². The molecule has 0 fully saturated rings. The molecule has 7 aromatic rings. The Kier molecular flexibility index (Phi) is 10.4. The highest BCUT2D eigenvalue weighted by Crippen LogP contribution is 2.44. The van der Waals surface area contributed by atoms with Crippen LogP contribution in [0.2, 0.25) is 0 Å². The standard InChI is InChI=1S/C54H45N/c1-4-6-20-41-26-15-18-31-49(41)53-37-45(33-35-50(53)42-22-9-7-10-23-42)55(39(3)47-29-16-13-21-40(47)5-2)46-34-36-51(43-24-11-8-12-25-43)54(38-46)52-32-19-28-44-27-14-17-30-48(44)52/h4-38,50,53H,1H2,2-3H3/b20-6-,40-5-,47-39+. The van der Waals surface area contributed by atoms with Crippen molar-refractivity contribution in [3.63, 3.8) is 0 Å². The maximum atomic E-state index is 3.96. The van der Waals surface area contributed by atoms with Crippen LogP contribution in [0, 0.1) is 0 Å². The van der Waals surface area contributed by atoms with Crippen molar-refractivity contribution in [3.05, 3.63) is 240 Å². The fourth-order valence-electron chi connectivity index (χ4n) is 8.19. The van der Waals surface area contributed by atoms with Crippen LogP contribution in [0.4, 0.5) is 5.69 Å². The van der Waals surface area contributed by atoms with Gasteiger partial charge in [-0.15, -0.1) is 0 Å². The zero-order valence-corrected chi connectivity index (χ0v) is 31.5. The zero-order valence-electron chi connectivity index (χ0n) is 31.5. The summed E-state index contributed by atoms with van der Waals surface area (Å²) in [5.74, 6) is 0.242. The number of anilines is 1. The minimum Gasteiger partial charge on any atom is -0.314 e. The number of allylic oxidation sites excluding steroid dienone is 5. The molecular formula is C54H45N. The molecule has 2 atom stereocenters. The Morgan fingerprint density at radius 1 is 0.636 bits per heavy atom. The number of fused-ring (bicyclic) bond motifs is 1. The van der Waals surface area contributed by atoms with Gasteiger partial charge in [0, 0.05) is 34.1 Å². The van der Waals surface area contributed by atoms with Gasteiger partial charge in [-0.25, -0.2) is 0 Å². The molecule has 1 aliphatic carbocycles. The van der Waals surface area contributed by atoms with Crippen LogP contribution in [0.5, 0.6) is 0 Å². The zero-order chi connectivity index (χ0) is 37.6. The topological polar surface area (TPSA) is 3.24 Å². The molecule has 1 heteroatoms. The Morgan fingerprint density at radius 3 is 2.16 bits per heavy atom. The summed E-state index contributed by atoms with van der Waals surface area (Å²) in [5, 5.41) is 4.88. The van der Waals surface area contributed by atoms with E-state index < -0.39 is 0 Å². The van der Waals surface area contributed by atoms with Crippen LogP contribution in [0.1, 0.15) is 42.4 Å². The first-order valence-electron chi connectivity index (χ1n) is 19.2. The molecule has 0 aromatic heterocycles. The van der Waals surface area contributed by atoms with E-state index in [1.54, 1.807) is 0 Å². The lowest BCUT2D eigenvalue weighted by Gasteiger charge is -2.34. The summed E-state index contributed by atoms with van der Waals surface area (Å²) in [6.45, 7) is 8.35. The van der Waals surface area contributed by atoms with Crippen LogP contribution in [0.25, 0.3) is 50.9 Å². The maximum Gasteiger partial charge on any atom is 0.0465 e. The summed E-state index contributed by atoms with van der Waals surface area (Å²) in [6, 6.07) is 61.5. The fraction of sp³-hybridized carbons (Fsp3) is 0.0741. The molecule has 8 rings (SSSR count). The molecule has 0 radical (unpaired) electrons. The summed E-state index contributed by atoms with van der Waals surface area (Å²) < 4.78 is 0. The van der Waals surface area contributed by atoms with Gasteiger partial charge in [0.25, 0.3) is 0 Å². The Morgan fingerprint density at radius 2 is 1.35 bits per heavy atom. The van der Waals surface area contributed by atoms with Crippen molar-refractivity contribution in [2.45, 2.75) is 25.7 Å². The number of rotatable bonds is 9. The van der Waals surface area contributed by atoms with Crippen molar-refractivity contribution < 1.29 is 0 Å². The number of benzene rings is 7. The summed E-state index contributed by atoms with van der Waals surface area (Å²) in [6.07, 6.45) is 15.5. The molecule has 0 bridgehead atoms. The normalized spacial score (nSPS) is 16.3. The van der Waals surface area contributed by atoms with Gasteiger partial charge in [0.15, 0.2) is 0 Å². The molecule has 2 unspecified atom stereocenters. The predicted octanol–water partition coefficient (Wildman–Crippen LogP) is 12.8. The van der Waals surface area contributed by atoms with Crippen LogP contribution in [-0.2, 0) is 0 Å². The lowest BCUT2D eigenvalue weighted by Crippen LogP contribution is -2.33. The monoisotopic (exact) mass is 707 g/mol. The van der Waals surface area contributed by atoms with Crippen LogP contribution in [0.15, 0.2) is 213 Å². The third kappa shape index (κ3) is 7.18. The van der Waals surface area contributed by atoms with E-state index in [1.165, 1.54) is 60.2 Å². The molecule has 0 saturated heterocycles. The van der Waals surface area contributed by atoms with Gasteiger partial charge in [-0.2, -0.15) is 0 Å². The van der Waals surface area contributed by atoms with E-state index >= 15 is 0 Å². The average molecular weight is 708 g/mol. The Bertz CT molecular complexity index is 2690. The number of hydrogen-bond acceptors (Lipinski definition) is 1. The van der Waals surface area contributed by atoms with Gasteiger partial charge >= 0.3 is 0 Å². The summed E-state index contributed by atoms with van der Waals surface area (Å²) >= 11 is 0. The van der Waals surface area contributed by atoms with Crippen molar-refractivity contribution in [3.8, 4) is 22.3 Å². The molecule has 0 saturated carbocycles. The predicted molar refractivity (Wildman–Crippen MR) is 237 cm³/mol. The molecule has 0 N–H and O–H groups in total. The summed E-state index contributed by atoms with van der Waals surface area (Å²) in [5.41, 5.74) is 12.0. The van der Waals surface area contributed by atoms with Crippen molar-refractivity contribution >= 4 is 34.3 Å². The Balaban J connectivity index is 1.40. The first kappa shape index (κ1) is 35.3. The van der Waals surface area contributed by atoms with Gasteiger partial charge in [-0.3, -0.25) is 0 Å². The molecule has 0 spiro atoms. The fourth-order valence-corrected chi connectivity index (χ4v) is 8.19. The van der Waals surface area contributed by atoms with Gasteiger partial charge in [-0.05, 0) is 87.0 Å². The molecular weight excluding hydrogens is 663 g/mol. The van der Waals surface area contributed by atoms with E-state index in [0.717, 1.165) is 17.1 Å². The minimum atomic E-state index is 0.0810. The molecule has 1 aliphatic rings. The first-order chi connectivity index (χ1) is 27.1.